The average molecular weight is 206 g/mol. The lowest BCUT2D eigenvalue weighted by Crippen LogP contribution is -1.97. The van der Waals surface area contributed by atoms with Crippen LogP contribution in [0.5, 0.6) is 0 Å². The summed E-state index contributed by atoms with van der Waals surface area (Å²) in [7, 11) is 0. The molecule has 0 saturated carbocycles. The van der Waals surface area contributed by atoms with Gasteiger partial charge in [-0.3, -0.25) is 0 Å². The van der Waals surface area contributed by atoms with Crippen LogP contribution >= 0.6 is 0 Å². The summed E-state index contributed by atoms with van der Waals surface area (Å²) in [5, 5.41) is 0. The van der Waals surface area contributed by atoms with Gasteiger partial charge in [-0.15, -0.1) is 0 Å². The molecule has 0 spiro atoms. The predicted molar refractivity (Wildman–Crippen MR) is 67.6 cm³/mol. The molecule has 0 aromatic heterocycles. The summed E-state index contributed by atoms with van der Waals surface area (Å²) in [6.07, 6.45) is 1.02. The van der Waals surface area contributed by atoms with E-state index in [1.807, 2.05) is 0 Å². The van der Waals surface area contributed by atoms with E-state index in [9.17, 15) is 0 Å². The molecule has 0 radical (unpaired) electrons. The van der Waals surface area contributed by atoms with Crippen LogP contribution in [0.15, 0.2) is 66.7 Å². The molecule has 0 N–H and O–H groups in total. The van der Waals surface area contributed by atoms with E-state index in [2.05, 4.69) is 61.2 Å². The summed E-state index contributed by atoms with van der Waals surface area (Å²) in [5.41, 5.74) is 5.53. The van der Waals surface area contributed by atoms with Gasteiger partial charge in [-0.2, -0.15) is 0 Å². The normalized spacial score (nSPS) is 18.5. The average Bonchev–Trinajstić information content (AvgIpc) is 2.66. The Morgan fingerprint density at radius 3 is 2.38 bits per heavy atom. The smallest absolute Gasteiger partial charge is 0.0302 e. The zero-order valence-electron chi connectivity index (χ0n) is 9.19. The van der Waals surface area contributed by atoms with E-state index in [1.54, 1.807) is 0 Å². The summed E-state index contributed by atoms with van der Waals surface area (Å²) < 4.78 is 0. The van der Waals surface area contributed by atoms with E-state index in [1.165, 1.54) is 22.3 Å². The van der Waals surface area contributed by atoms with Gasteiger partial charge in [0, 0.05) is 5.92 Å². The molecule has 0 nitrogen and oxygen atoms in total. The standard InChI is InChI=1S/C16H14/c1-12-11-14-9-5-6-10-15(14)16(12)13-7-3-2-4-8-13/h2-10,16H,1,11H2. The van der Waals surface area contributed by atoms with Crippen LogP contribution in [0.1, 0.15) is 22.6 Å². The molecule has 1 atom stereocenters. The Labute approximate surface area is 96.3 Å². The Hall–Kier alpha value is -1.82. The largest absolute Gasteiger partial charge is 0.0986 e. The van der Waals surface area contributed by atoms with E-state index >= 15 is 0 Å². The third-order valence-corrected chi connectivity index (χ3v) is 3.32. The maximum atomic E-state index is 4.23. The van der Waals surface area contributed by atoms with E-state index in [0.29, 0.717) is 5.92 Å². The molecule has 0 saturated heterocycles. The van der Waals surface area contributed by atoms with Crippen LogP contribution in [-0.4, -0.2) is 0 Å². The van der Waals surface area contributed by atoms with Gasteiger partial charge in [-0.05, 0) is 23.1 Å². The summed E-state index contributed by atoms with van der Waals surface area (Å²) in [5.74, 6) is 0.400. The second-order valence-electron chi connectivity index (χ2n) is 4.38. The van der Waals surface area contributed by atoms with Crippen molar-refractivity contribution in [2.75, 3.05) is 0 Å². The summed E-state index contributed by atoms with van der Waals surface area (Å²) >= 11 is 0. The van der Waals surface area contributed by atoms with Crippen molar-refractivity contribution in [3.63, 3.8) is 0 Å². The molecule has 0 bridgehead atoms. The van der Waals surface area contributed by atoms with Gasteiger partial charge in [0.1, 0.15) is 0 Å². The molecule has 0 heteroatoms. The monoisotopic (exact) mass is 206 g/mol. The van der Waals surface area contributed by atoms with Crippen molar-refractivity contribution in [1.82, 2.24) is 0 Å². The van der Waals surface area contributed by atoms with Crippen molar-refractivity contribution in [2.24, 2.45) is 0 Å². The molecule has 16 heavy (non-hydrogen) atoms. The maximum absolute atomic E-state index is 4.23. The highest BCUT2D eigenvalue weighted by Crippen LogP contribution is 2.40. The van der Waals surface area contributed by atoms with Crippen molar-refractivity contribution in [3.05, 3.63) is 83.4 Å². The minimum Gasteiger partial charge on any atom is -0.0986 e. The van der Waals surface area contributed by atoms with Crippen LogP contribution in [0.4, 0.5) is 0 Å². The van der Waals surface area contributed by atoms with Crippen molar-refractivity contribution < 1.29 is 0 Å². The van der Waals surface area contributed by atoms with Crippen LogP contribution in [0.25, 0.3) is 0 Å². The Morgan fingerprint density at radius 1 is 0.875 bits per heavy atom. The zero-order chi connectivity index (χ0) is 11.0. The van der Waals surface area contributed by atoms with E-state index in [0.717, 1.165) is 6.42 Å². The first-order chi connectivity index (χ1) is 7.86. The molecule has 2 aromatic rings. The molecule has 3 rings (SSSR count). The second kappa shape index (κ2) is 3.64. The molecule has 1 aliphatic carbocycles. The lowest BCUT2D eigenvalue weighted by Gasteiger charge is -2.13. The molecule has 1 unspecified atom stereocenters. The van der Waals surface area contributed by atoms with Crippen molar-refractivity contribution in [1.29, 1.82) is 0 Å². The summed E-state index contributed by atoms with van der Waals surface area (Å²) in [4.78, 5) is 0. The number of rotatable bonds is 1. The predicted octanol–water partition coefficient (Wildman–Crippen LogP) is 3.93. The molecule has 78 valence electrons. The number of hydrogen-bond donors (Lipinski definition) is 0. The molecule has 1 aliphatic rings. The Kier molecular flexibility index (Phi) is 2.14. The number of allylic oxidation sites excluding steroid dienone is 1. The fourth-order valence-corrected chi connectivity index (χ4v) is 2.60. The molecule has 0 aliphatic heterocycles. The minimum absolute atomic E-state index is 0.400. The van der Waals surface area contributed by atoms with Gasteiger partial charge in [0.2, 0.25) is 0 Å². The van der Waals surface area contributed by atoms with Gasteiger partial charge in [0.25, 0.3) is 0 Å². The molecule has 0 heterocycles. The van der Waals surface area contributed by atoms with Crippen molar-refractivity contribution >= 4 is 0 Å². The molecule has 0 amide bonds. The van der Waals surface area contributed by atoms with Gasteiger partial charge in [-0.1, -0.05) is 66.7 Å². The fourth-order valence-electron chi connectivity index (χ4n) is 2.60. The Bertz CT molecular complexity index is 523. The minimum atomic E-state index is 0.400. The van der Waals surface area contributed by atoms with Crippen molar-refractivity contribution in [3.8, 4) is 0 Å². The van der Waals surface area contributed by atoms with Gasteiger partial charge in [0.15, 0.2) is 0 Å². The first-order valence-electron chi connectivity index (χ1n) is 5.66. The lowest BCUT2D eigenvalue weighted by molar-refractivity contribution is 0.987. The second-order valence-corrected chi connectivity index (χ2v) is 4.38. The highest BCUT2D eigenvalue weighted by atomic mass is 14.3. The highest BCUT2D eigenvalue weighted by Gasteiger charge is 2.26. The van der Waals surface area contributed by atoms with Crippen LogP contribution < -0.4 is 0 Å². The van der Waals surface area contributed by atoms with Gasteiger partial charge < -0.3 is 0 Å². The molecule has 0 fully saturated rings. The quantitative estimate of drug-likeness (QED) is 0.620. The first kappa shape index (κ1) is 9.41. The van der Waals surface area contributed by atoms with Gasteiger partial charge in [0.05, 0.1) is 0 Å². The summed E-state index contributed by atoms with van der Waals surface area (Å²) in [6.45, 7) is 4.23. The maximum Gasteiger partial charge on any atom is 0.0302 e. The van der Waals surface area contributed by atoms with Crippen LogP contribution in [-0.2, 0) is 6.42 Å². The SMILES string of the molecule is C=C1Cc2ccccc2C1c1ccccc1. The fraction of sp³-hybridized carbons (Fsp3) is 0.125. The lowest BCUT2D eigenvalue weighted by atomic mass is 9.91. The molecular weight excluding hydrogens is 192 g/mol. The third-order valence-electron chi connectivity index (χ3n) is 3.32. The third kappa shape index (κ3) is 1.38. The molecule has 2 aromatic carbocycles. The van der Waals surface area contributed by atoms with E-state index in [4.69, 9.17) is 0 Å². The van der Waals surface area contributed by atoms with E-state index < -0.39 is 0 Å². The first-order valence-corrected chi connectivity index (χ1v) is 5.66. The van der Waals surface area contributed by atoms with Crippen LogP contribution in [0.3, 0.4) is 0 Å². The van der Waals surface area contributed by atoms with Crippen LogP contribution in [0.2, 0.25) is 0 Å². The number of hydrogen-bond acceptors (Lipinski definition) is 0. The number of benzene rings is 2. The topological polar surface area (TPSA) is 0 Å². The highest BCUT2D eigenvalue weighted by molar-refractivity contribution is 5.51. The number of fused-ring (bicyclic) bond motifs is 1. The van der Waals surface area contributed by atoms with Crippen molar-refractivity contribution in [2.45, 2.75) is 12.3 Å². The van der Waals surface area contributed by atoms with Gasteiger partial charge >= 0.3 is 0 Å². The summed E-state index contributed by atoms with van der Waals surface area (Å²) in [6, 6.07) is 19.3. The molecular formula is C16H14. The Balaban J connectivity index is 2.13. The Morgan fingerprint density at radius 2 is 1.56 bits per heavy atom. The zero-order valence-corrected chi connectivity index (χ0v) is 9.19. The van der Waals surface area contributed by atoms with Gasteiger partial charge in [-0.25, -0.2) is 0 Å². The van der Waals surface area contributed by atoms with Crippen LogP contribution in [0, 0.1) is 0 Å². The van der Waals surface area contributed by atoms with E-state index in [-0.39, 0.29) is 0 Å².